The van der Waals surface area contributed by atoms with Gasteiger partial charge in [0.1, 0.15) is 17.8 Å². The number of anilines is 2. The van der Waals surface area contributed by atoms with E-state index in [0.717, 1.165) is 5.56 Å². The normalized spacial score (nSPS) is 10.2. The Labute approximate surface area is 162 Å². The molecule has 28 heavy (non-hydrogen) atoms. The Kier molecular flexibility index (Phi) is 6.30. The van der Waals surface area contributed by atoms with Crippen LogP contribution in [0.5, 0.6) is 0 Å². The smallest absolute Gasteiger partial charge is 0.340 e. The highest BCUT2D eigenvalue weighted by Crippen LogP contribution is 2.17. The molecule has 0 fully saturated rings. The zero-order valence-corrected chi connectivity index (χ0v) is 15.4. The average molecular weight is 376 g/mol. The van der Waals surface area contributed by atoms with Gasteiger partial charge >= 0.3 is 5.97 Å². The van der Waals surface area contributed by atoms with E-state index in [4.69, 9.17) is 4.74 Å². The SMILES string of the molecule is CCOC(=O)c1ccccc1NC(=O)c1cc(NCc2ccccc2)ncn1. The minimum atomic E-state index is -0.494. The molecule has 0 unspecified atom stereocenters. The van der Waals surface area contributed by atoms with E-state index in [1.54, 1.807) is 37.3 Å². The van der Waals surface area contributed by atoms with Gasteiger partial charge in [-0.1, -0.05) is 42.5 Å². The van der Waals surface area contributed by atoms with Crippen LogP contribution in [0, 0.1) is 0 Å². The molecule has 142 valence electrons. The van der Waals surface area contributed by atoms with E-state index in [1.807, 2.05) is 30.3 Å². The summed E-state index contributed by atoms with van der Waals surface area (Å²) in [4.78, 5) is 32.8. The van der Waals surface area contributed by atoms with Crippen LogP contribution in [0.1, 0.15) is 33.3 Å². The standard InChI is InChI=1S/C21H20N4O3/c1-2-28-21(27)16-10-6-7-11-17(16)25-20(26)18-12-19(24-14-23-18)22-13-15-8-4-3-5-9-15/h3-12,14H,2,13H2,1H3,(H,25,26)(H,22,23,24). The van der Waals surface area contributed by atoms with Crippen molar-refractivity contribution in [2.45, 2.75) is 13.5 Å². The highest BCUT2D eigenvalue weighted by atomic mass is 16.5. The summed E-state index contributed by atoms with van der Waals surface area (Å²) in [6.45, 7) is 2.55. The van der Waals surface area contributed by atoms with Crippen LogP contribution in [0.15, 0.2) is 67.0 Å². The van der Waals surface area contributed by atoms with Crippen molar-refractivity contribution in [3.8, 4) is 0 Å². The molecule has 2 N–H and O–H groups in total. The summed E-state index contributed by atoms with van der Waals surface area (Å²) >= 11 is 0. The second-order valence-electron chi connectivity index (χ2n) is 5.85. The van der Waals surface area contributed by atoms with E-state index < -0.39 is 11.9 Å². The lowest BCUT2D eigenvalue weighted by Crippen LogP contribution is -2.17. The number of para-hydroxylation sites is 1. The number of rotatable bonds is 7. The molecule has 0 spiro atoms. The summed E-state index contributed by atoms with van der Waals surface area (Å²) in [5.41, 5.74) is 1.93. The molecule has 0 radical (unpaired) electrons. The van der Waals surface area contributed by atoms with Crippen LogP contribution in [0.4, 0.5) is 11.5 Å². The molecule has 1 heterocycles. The van der Waals surface area contributed by atoms with E-state index in [2.05, 4.69) is 20.6 Å². The lowest BCUT2D eigenvalue weighted by atomic mass is 10.1. The molecule has 0 saturated carbocycles. The molecule has 0 aliphatic carbocycles. The Hall–Kier alpha value is -3.74. The first-order valence-corrected chi connectivity index (χ1v) is 8.84. The van der Waals surface area contributed by atoms with Crippen molar-refractivity contribution in [1.29, 1.82) is 0 Å². The van der Waals surface area contributed by atoms with Gasteiger partial charge in [-0.2, -0.15) is 0 Å². The Balaban J connectivity index is 1.71. The predicted molar refractivity (Wildman–Crippen MR) is 106 cm³/mol. The van der Waals surface area contributed by atoms with Crippen LogP contribution < -0.4 is 10.6 Å². The van der Waals surface area contributed by atoms with E-state index >= 15 is 0 Å². The van der Waals surface area contributed by atoms with E-state index in [9.17, 15) is 9.59 Å². The number of amides is 1. The fourth-order valence-corrected chi connectivity index (χ4v) is 2.53. The summed E-state index contributed by atoms with van der Waals surface area (Å²) in [5.74, 6) is -0.407. The highest BCUT2D eigenvalue weighted by molar-refractivity contribution is 6.07. The number of hydrogen-bond donors (Lipinski definition) is 2. The summed E-state index contributed by atoms with van der Waals surface area (Å²) in [6.07, 6.45) is 1.32. The maximum Gasteiger partial charge on any atom is 0.340 e. The monoisotopic (exact) mass is 376 g/mol. The average Bonchev–Trinajstić information content (AvgIpc) is 2.74. The van der Waals surface area contributed by atoms with Gasteiger partial charge in [0.15, 0.2) is 0 Å². The van der Waals surface area contributed by atoms with Gasteiger partial charge in [-0.15, -0.1) is 0 Å². The summed E-state index contributed by atoms with van der Waals surface area (Å²) in [6, 6.07) is 18.1. The number of esters is 1. The van der Waals surface area contributed by atoms with Gasteiger partial charge in [0, 0.05) is 12.6 Å². The number of nitrogens with zero attached hydrogens (tertiary/aromatic N) is 2. The summed E-state index contributed by atoms with van der Waals surface area (Å²) < 4.78 is 5.02. The lowest BCUT2D eigenvalue weighted by Gasteiger charge is -2.11. The first-order valence-electron chi connectivity index (χ1n) is 8.84. The second-order valence-corrected chi connectivity index (χ2v) is 5.85. The van der Waals surface area contributed by atoms with Crippen LogP contribution in [0.3, 0.4) is 0 Å². The van der Waals surface area contributed by atoms with Gasteiger partial charge in [-0.05, 0) is 24.6 Å². The van der Waals surface area contributed by atoms with Gasteiger partial charge in [0.05, 0.1) is 17.9 Å². The van der Waals surface area contributed by atoms with Crippen LogP contribution in [0.2, 0.25) is 0 Å². The molecule has 0 aliphatic rings. The van der Waals surface area contributed by atoms with E-state index in [1.165, 1.54) is 6.33 Å². The number of carbonyl (C=O) groups is 2. The van der Waals surface area contributed by atoms with Crippen LogP contribution >= 0.6 is 0 Å². The number of ether oxygens (including phenoxy) is 1. The molecular formula is C21H20N4O3. The van der Waals surface area contributed by atoms with Crippen molar-refractivity contribution in [1.82, 2.24) is 9.97 Å². The maximum absolute atomic E-state index is 12.6. The third-order valence-electron chi connectivity index (χ3n) is 3.89. The van der Waals surface area contributed by atoms with Crippen molar-refractivity contribution >= 4 is 23.4 Å². The fraction of sp³-hybridized carbons (Fsp3) is 0.143. The topological polar surface area (TPSA) is 93.2 Å². The van der Waals surface area contributed by atoms with Crippen LogP contribution in [-0.4, -0.2) is 28.5 Å². The Bertz CT molecular complexity index is 961. The molecule has 7 nitrogen and oxygen atoms in total. The molecule has 0 bridgehead atoms. The number of carbonyl (C=O) groups excluding carboxylic acids is 2. The molecule has 3 aromatic rings. The molecule has 0 saturated heterocycles. The van der Waals surface area contributed by atoms with Crippen molar-refractivity contribution in [2.24, 2.45) is 0 Å². The lowest BCUT2D eigenvalue weighted by molar-refractivity contribution is 0.0527. The fourth-order valence-electron chi connectivity index (χ4n) is 2.53. The van der Waals surface area contributed by atoms with Gasteiger partial charge < -0.3 is 15.4 Å². The zero-order chi connectivity index (χ0) is 19.8. The van der Waals surface area contributed by atoms with Gasteiger partial charge in [0.25, 0.3) is 5.91 Å². The molecule has 7 heteroatoms. The molecule has 1 aromatic heterocycles. The van der Waals surface area contributed by atoms with Crippen molar-refractivity contribution in [3.05, 3.63) is 83.8 Å². The summed E-state index contributed by atoms with van der Waals surface area (Å²) in [7, 11) is 0. The van der Waals surface area contributed by atoms with Gasteiger partial charge in [0.2, 0.25) is 0 Å². The van der Waals surface area contributed by atoms with E-state index in [-0.39, 0.29) is 17.9 Å². The summed E-state index contributed by atoms with van der Waals surface area (Å²) in [5, 5.41) is 5.87. The highest BCUT2D eigenvalue weighted by Gasteiger charge is 2.16. The van der Waals surface area contributed by atoms with Crippen molar-refractivity contribution in [3.63, 3.8) is 0 Å². The molecule has 1 amide bonds. The number of benzene rings is 2. The Morgan fingerprint density at radius 1 is 1.00 bits per heavy atom. The minimum Gasteiger partial charge on any atom is -0.462 e. The molecular weight excluding hydrogens is 356 g/mol. The quantitative estimate of drug-likeness (QED) is 0.613. The zero-order valence-electron chi connectivity index (χ0n) is 15.4. The van der Waals surface area contributed by atoms with E-state index in [0.29, 0.717) is 18.1 Å². The van der Waals surface area contributed by atoms with Crippen molar-refractivity contribution < 1.29 is 14.3 Å². The Morgan fingerprint density at radius 2 is 1.75 bits per heavy atom. The number of nitrogens with one attached hydrogen (secondary N) is 2. The van der Waals surface area contributed by atoms with Crippen LogP contribution in [0.25, 0.3) is 0 Å². The number of hydrogen-bond acceptors (Lipinski definition) is 6. The first kappa shape index (κ1) is 19.0. The maximum atomic E-state index is 12.6. The number of aromatic nitrogens is 2. The molecule has 0 aliphatic heterocycles. The third kappa shape index (κ3) is 4.91. The van der Waals surface area contributed by atoms with Gasteiger partial charge in [-0.3, -0.25) is 4.79 Å². The molecule has 0 atom stereocenters. The molecule has 2 aromatic carbocycles. The largest absolute Gasteiger partial charge is 0.462 e. The van der Waals surface area contributed by atoms with Crippen molar-refractivity contribution in [2.75, 3.05) is 17.2 Å². The second kappa shape index (κ2) is 9.27. The molecule has 3 rings (SSSR count). The Morgan fingerprint density at radius 3 is 2.54 bits per heavy atom. The van der Waals surface area contributed by atoms with Crippen LogP contribution in [-0.2, 0) is 11.3 Å². The van der Waals surface area contributed by atoms with Gasteiger partial charge in [-0.25, -0.2) is 14.8 Å². The predicted octanol–water partition coefficient (Wildman–Crippen LogP) is 3.52. The first-order chi connectivity index (χ1) is 13.7. The third-order valence-corrected chi connectivity index (χ3v) is 3.89. The minimum absolute atomic E-state index is 0.184.